The first-order chi connectivity index (χ1) is 7.63. The molecule has 0 aliphatic heterocycles. The molecule has 0 amide bonds. The molecule has 0 aliphatic carbocycles. The highest BCUT2D eigenvalue weighted by Gasteiger charge is 2.05. The number of hydrogen-bond acceptors (Lipinski definition) is 3. The minimum Gasteiger partial charge on any atom is -0.493 e. The largest absolute Gasteiger partial charge is 0.493 e. The third kappa shape index (κ3) is 4.21. The Morgan fingerprint density at radius 1 is 1.12 bits per heavy atom. The van der Waals surface area contributed by atoms with Gasteiger partial charge in [0.1, 0.15) is 5.75 Å². The summed E-state index contributed by atoms with van der Waals surface area (Å²) in [6.07, 6.45) is 0. The molecule has 0 radical (unpaired) electrons. The van der Waals surface area contributed by atoms with Gasteiger partial charge in [0.2, 0.25) is 0 Å². The van der Waals surface area contributed by atoms with Crippen molar-refractivity contribution in [1.29, 1.82) is 0 Å². The Labute approximate surface area is 97.6 Å². The van der Waals surface area contributed by atoms with Crippen LogP contribution in [0.5, 0.6) is 5.75 Å². The summed E-state index contributed by atoms with van der Waals surface area (Å²) in [5.41, 5.74) is 6.98. The minimum absolute atomic E-state index is 0.0656. The second-order valence-corrected chi connectivity index (χ2v) is 4.34. The molecule has 3 nitrogen and oxygen atoms in total. The zero-order chi connectivity index (χ0) is 12.0. The number of hydrogen-bond donors (Lipinski definition) is 1. The van der Waals surface area contributed by atoms with E-state index in [1.54, 1.807) is 7.11 Å². The first kappa shape index (κ1) is 13.0. The Morgan fingerprint density at radius 3 is 2.25 bits per heavy atom. The smallest absolute Gasteiger partial charge is 0.119 e. The second kappa shape index (κ2) is 6.51. The van der Waals surface area contributed by atoms with Crippen molar-refractivity contribution in [2.45, 2.75) is 19.9 Å². The number of rotatable bonds is 6. The first-order valence-electron chi connectivity index (χ1n) is 5.60. The molecule has 2 N–H and O–H groups in total. The van der Waals surface area contributed by atoms with Crippen LogP contribution < -0.4 is 10.5 Å². The van der Waals surface area contributed by atoms with Crippen molar-refractivity contribution in [1.82, 2.24) is 0 Å². The molecule has 1 rings (SSSR count). The third-order valence-electron chi connectivity index (χ3n) is 2.24. The molecule has 0 fully saturated rings. The van der Waals surface area contributed by atoms with Crippen molar-refractivity contribution in [2.24, 2.45) is 11.7 Å². The predicted molar refractivity (Wildman–Crippen MR) is 65.6 cm³/mol. The average Bonchev–Trinajstić information content (AvgIpc) is 2.27. The lowest BCUT2D eigenvalue weighted by atomic mass is 10.1. The molecule has 0 spiro atoms. The lowest BCUT2D eigenvalue weighted by Gasteiger charge is -2.12. The van der Waals surface area contributed by atoms with Crippen LogP contribution in [0.25, 0.3) is 0 Å². The highest BCUT2D eigenvalue weighted by atomic mass is 16.5. The summed E-state index contributed by atoms with van der Waals surface area (Å²) in [7, 11) is 1.65. The summed E-state index contributed by atoms with van der Waals surface area (Å²) in [4.78, 5) is 0. The van der Waals surface area contributed by atoms with E-state index in [1.807, 2.05) is 24.3 Å². The summed E-state index contributed by atoms with van der Waals surface area (Å²) in [5, 5.41) is 0. The molecule has 1 unspecified atom stereocenters. The van der Waals surface area contributed by atoms with Crippen molar-refractivity contribution in [2.75, 3.05) is 20.3 Å². The standard InChI is InChI=1S/C13H21NO2/c1-10(2)8-16-12-6-4-11(5-7-12)13(14)9-15-3/h4-7,10,13H,8-9,14H2,1-3H3. The fourth-order valence-electron chi connectivity index (χ4n) is 1.35. The number of methoxy groups -OCH3 is 1. The van der Waals surface area contributed by atoms with Gasteiger partial charge in [0.25, 0.3) is 0 Å². The van der Waals surface area contributed by atoms with E-state index in [1.165, 1.54) is 0 Å². The normalized spacial score (nSPS) is 12.8. The molecule has 0 heterocycles. The van der Waals surface area contributed by atoms with Crippen LogP contribution in [0.1, 0.15) is 25.5 Å². The van der Waals surface area contributed by atoms with Gasteiger partial charge in [-0.15, -0.1) is 0 Å². The van der Waals surface area contributed by atoms with Gasteiger partial charge in [0, 0.05) is 7.11 Å². The monoisotopic (exact) mass is 223 g/mol. The highest BCUT2D eigenvalue weighted by Crippen LogP contribution is 2.17. The zero-order valence-corrected chi connectivity index (χ0v) is 10.3. The van der Waals surface area contributed by atoms with E-state index in [9.17, 15) is 0 Å². The van der Waals surface area contributed by atoms with Crippen molar-refractivity contribution in [3.05, 3.63) is 29.8 Å². The Kier molecular flexibility index (Phi) is 5.29. The SMILES string of the molecule is COCC(N)c1ccc(OCC(C)C)cc1. The molecule has 0 aliphatic rings. The Balaban J connectivity index is 2.53. The maximum absolute atomic E-state index is 5.91. The Bertz CT molecular complexity index is 295. The van der Waals surface area contributed by atoms with Crippen LogP contribution in [0.15, 0.2) is 24.3 Å². The summed E-state index contributed by atoms with van der Waals surface area (Å²) in [6, 6.07) is 7.81. The molecule has 0 bridgehead atoms. The molecule has 90 valence electrons. The van der Waals surface area contributed by atoms with E-state index in [0.29, 0.717) is 12.5 Å². The average molecular weight is 223 g/mol. The van der Waals surface area contributed by atoms with Gasteiger partial charge in [-0.2, -0.15) is 0 Å². The number of ether oxygens (including phenoxy) is 2. The maximum atomic E-state index is 5.91. The van der Waals surface area contributed by atoms with Gasteiger partial charge in [-0.3, -0.25) is 0 Å². The van der Waals surface area contributed by atoms with Gasteiger partial charge in [0.05, 0.1) is 19.3 Å². The Morgan fingerprint density at radius 2 is 1.75 bits per heavy atom. The fourth-order valence-corrected chi connectivity index (χ4v) is 1.35. The van der Waals surface area contributed by atoms with Gasteiger partial charge in [-0.05, 0) is 23.6 Å². The number of benzene rings is 1. The molecular formula is C13H21NO2. The number of nitrogens with two attached hydrogens (primary N) is 1. The van der Waals surface area contributed by atoms with Crippen LogP contribution in [0.3, 0.4) is 0 Å². The first-order valence-corrected chi connectivity index (χ1v) is 5.60. The van der Waals surface area contributed by atoms with Crippen molar-refractivity contribution < 1.29 is 9.47 Å². The minimum atomic E-state index is -0.0656. The van der Waals surface area contributed by atoms with Crippen LogP contribution in [-0.4, -0.2) is 20.3 Å². The molecule has 1 aromatic carbocycles. The van der Waals surface area contributed by atoms with Gasteiger partial charge < -0.3 is 15.2 Å². The Hall–Kier alpha value is -1.06. The van der Waals surface area contributed by atoms with Crippen LogP contribution in [0.2, 0.25) is 0 Å². The molecule has 16 heavy (non-hydrogen) atoms. The molecule has 0 aromatic heterocycles. The van der Waals surface area contributed by atoms with Gasteiger partial charge >= 0.3 is 0 Å². The molecule has 3 heteroatoms. The zero-order valence-electron chi connectivity index (χ0n) is 10.3. The van der Waals surface area contributed by atoms with Crippen LogP contribution in [-0.2, 0) is 4.74 Å². The van der Waals surface area contributed by atoms with Gasteiger partial charge in [0.15, 0.2) is 0 Å². The quantitative estimate of drug-likeness (QED) is 0.805. The topological polar surface area (TPSA) is 44.5 Å². The fraction of sp³-hybridized carbons (Fsp3) is 0.538. The maximum Gasteiger partial charge on any atom is 0.119 e. The van der Waals surface area contributed by atoms with E-state index in [4.69, 9.17) is 15.2 Å². The molecular weight excluding hydrogens is 202 g/mol. The molecule has 1 aromatic rings. The second-order valence-electron chi connectivity index (χ2n) is 4.34. The van der Waals surface area contributed by atoms with Crippen LogP contribution >= 0.6 is 0 Å². The van der Waals surface area contributed by atoms with Crippen LogP contribution in [0.4, 0.5) is 0 Å². The lowest BCUT2D eigenvalue weighted by molar-refractivity contribution is 0.181. The van der Waals surface area contributed by atoms with E-state index < -0.39 is 0 Å². The van der Waals surface area contributed by atoms with Crippen LogP contribution in [0, 0.1) is 5.92 Å². The third-order valence-corrected chi connectivity index (χ3v) is 2.24. The van der Waals surface area contributed by atoms with E-state index in [0.717, 1.165) is 17.9 Å². The summed E-state index contributed by atoms with van der Waals surface area (Å²) >= 11 is 0. The summed E-state index contributed by atoms with van der Waals surface area (Å²) in [6.45, 7) is 5.53. The van der Waals surface area contributed by atoms with E-state index in [2.05, 4.69) is 13.8 Å². The summed E-state index contributed by atoms with van der Waals surface area (Å²) in [5.74, 6) is 1.43. The lowest BCUT2D eigenvalue weighted by Crippen LogP contribution is -2.15. The van der Waals surface area contributed by atoms with Crippen molar-refractivity contribution >= 4 is 0 Å². The highest BCUT2D eigenvalue weighted by molar-refractivity contribution is 5.29. The van der Waals surface area contributed by atoms with Crippen molar-refractivity contribution in [3.8, 4) is 5.75 Å². The van der Waals surface area contributed by atoms with E-state index >= 15 is 0 Å². The molecule has 0 saturated carbocycles. The molecule has 0 saturated heterocycles. The van der Waals surface area contributed by atoms with Gasteiger partial charge in [-0.25, -0.2) is 0 Å². The van der Waals surface area contributed by atoms with Gasteiger partial charge in [-0.1, -0.05) is 26.0 Å². The summed E-state index contributed by atoms with van der Waals surface area (Å²) < 4.78 is 10.6. The van der Waals surface area contributed by atoms with Crippen molar-refractivity contribution in [3.63, 3.8) is 0 Å². The molecule has 1 atom stereocenters. The predicted octanol–water partition coefficient (Wildman–Crippen LogP) is 2.37. The van der Waals surface area contributed by atoms with E-state index in [-0.39, 0.29) is 6.04 Å².